The molecule has 0 fully saturated rings. The zero-order valence-electron chi connectivity index (χ0n) is 10.8. The SMILES string of the molecule is Nc1ccc(C(=O)Nc2cccc3ccccc23)cc1. The number of nitrogen functional groups attached to an aromatic ring is 1. The fourth-order valence-electron chi connectivity index (χ4n) is 2.16. The molecule has 0 aliphatic rings. The lowest BCUT2D eigenvalue weighted by atomic mass is 10.1. The van der Waals surface area contributed by atoms with E-state index in [1.54, 1.807) is 24.3 Å². The molecular weight excluding hydrogens is 248 g/mol. The maximum absolute atomic E-state index is 12.2. The van der Waals surface area contributed by atoms with Crippen LogP contribution in [0.25, 0.3) is 10.8 Å². The second kappa shape index (κ2) is 5.05. The number of fused-ring (bicyclic) bond motifs is 1. The first-order chi connectivity index (χ1) is 9.74. The van der Waals surface area contributed by atoms with Crippen molar-refractivity contribution in [3.05, 3.63) is 72.3 Å². The Morgan fingerprint density at radius 3 is 2.35 bits per heavy atom. The normalized spacial score (nSPS) is 10.4. The second-order valence-electron chi connectivity index (χ2n) is 4.60. The van der Waals surface area contributed by atoms with Gasteiger partial charge in [-0.05, 0) is 35.7 Å². The van der Waals surface area contributed by atoms with E-state index in [2.05, 4.69) is 5.32 Å². The summed E-state index contributed by atoms with van der Waals surface area (Å²) in [5, 5.41) is 5.07. The van der Waals surface area contributed by atoms with Gasteiger partial charge >= 0.3 is 0 Å². The molecule has 3 heteroatoms. The Hall–Kier alpha value is -2.81. The van der Waals surface area contributed by atoms with Gasteiger partial charge in [-0.3, -0.25) is 4.79 Å². The molecule has 0 unspecified atom stereocenters. The van der Waals surface area contributed by atoms with E-state index in [4.69, 9.17) is 5.73 Å². The van der Waals surface area contributed by atoms with Crippen molar-refractivity contribution in [1.82, 2.24) is 0 Å². The molecule has 1 amide bonds. The lowest BCUT2D eigenvalue weighted by molar-refractivity contribution is 0.102. The Balaban J connectivity index is 1.93. The second-order valence-corrected chi connectivity index (χ2v) is 4.60. The van der Waals surface area contributed by atoms with Crippen LogP contribution in [0.15, 0.2) is 66.7 Å². The Kier molecular flexibility index (Phi) is 3.09. The number of amides is 1. The van der Waals surface area contributed by atoms with Gasteiger partial charge in [0.2, 0.25) is 0 Å². The van der Waals surface area contributed by atoms with Crippen LogP contribution in [0.2, 0.25) is 0 Å². The smallest absolute Gasteiger partial charge is 0.255 e. The lowest BCUT2D eigenvalue weighted by Gasteiger charge is -2.09. The molecule has 3 aromatic rings. The summed E-state index contributed by atoms with van der Waals surface area (Å²) in [6.07, 6.45) is 0. The van der Waals surface area contributed by atoms with Crippen LogP contribution >= 0.6 is 0 Å². The third kappa shape index (κ3) is 2.34. The van der Waals surface area contributed by atoms with Gasteiger partial charge in [0.1, 0.15) is 0 Å². The molecule has 98 valence electrons. The van der Waals surface area contributed by atoms with Crippen LogP contribution in [0.3, 0.4) is 0 Å². The van der Waals surface area contributed by atoms with Gasteiger partial charge in [0.15, 0.2) is 0 Å². The molecule has 0 aliphatic carbocycles. The van der Waals surface area contributed by atoms with Crippen LogP contribution < -0.4 is 11.1 Å². The molecule has 0 aliphatic heterocycles. The number of carbonyl (C=O) groups excluding carboxylic acids is 1. The van der Waals surface area contributed by atoms with Crippen LogP contribution in [-0.2, 0) is 0 Å². The molecule has 0 spiro atoms. The number of carbonyl (C=O) groups is 1. The van der Waals surface area contributed by atoms with Gasteiger partial charge in [-0.25, -0.2) is 0 Å². The average molecular weight is 262 g/mol. The van der Waals surface area contributed by atoms with Gasteiger partial charge in [0.05, 0.1) is 0 Å². The number of anilines is 2. The highest BCUT2D eigenvalue weighted by Gasteiger charge is 2.07. The highest BCUT2D eigenvalue weighted by molar-refractivity contribution is 6.09. The zero-order valence-corrected chi connectivity index (χ0v) is 10.8. The van der Waals surface area contributed by atoms with Crippen molar-refractivity contribution in [2.24, 2.45) is 0 Å². The van der Waals surface area contributed by atoms with Crippen LogP contribution in [0.5, 0.6) is 0 Å². The van der Waals surface area contributed by atoms with E-state index in [9.17, 15) is 4.79 Å². The van der Waals surface area contributed by atoms with E-state index in [-0.39, 0.29) is 5.91 Å². The molecule has 3 nitrogen and oxygen atoms in total. The molecule has 0 saturated heterocycles. The predicted molar refractivity (Wildman–Crippen MR) is 82.8 cm³/mol. The maximum Gasteiger partial charge on any atom is 0.255 e. The minimum atomic E-state index is -0.138. The summed E-state index contributed by atoms with van der Waals surface area (Å²) in [6.45, 7) is 0. The van der Waals surface area contributed by atoms with Crippen molar-refractivity contribution < 1.29 is 4.79 Å². The van der Waals surface area contributed by atoms with E-state index >= 15 is 0 Å². The van der Waals surface area contributed by atoms with Crippen LogP contribution in [-0.4, -0.2) is 5.91 Å². The molecule has 0 saturated carbocycles. The van der Waals surface area contributed by atoms with E-state index in [0.717, 1.165) is 16.5 Å². The maximum atomic E-state index is 12.2. The van der Waals surface area contributed by atoms with Gasteiger partial charge in [-0.1, -0.05) is 36.4 Å². The fourth-order valence-corrected chi connectivity index (χ4v) is 2.16. The Morgan fingerprint density at radius 2 is 1.55 bits per heavy atom. The van der Waals surface area contributed by atoms with Gasteiger partial charge in [0, 0.05) is 22.3 Å². The highest BCUT2D eigenvalue weighted by Crippen LogP contribution is 2.23. The molecule has 20 heavy (non-hydrogen) atoms. The third-order valence-corrected chi connectivity index (χ3v) is 3.21. The summed E-state index contributed by atoms with van der Waals surface area (Å²) in [4.78, 5) is 12.2. The quantitative estimate of drug-likeness (QED) is 0.692. The zero-order chi connectivity index (χ0) is 13.9. The van der Waals surface area contributed by atoms with Crippen molar-refractivity contribution >= 4 is 28.1 Å². The highest BCUT2D eigenvalue weighted by atomic mass is 16.1. The van der Waals surface area contributed by atoms with Gasteiger partial charge < -0.3 is 11.1 Å². The molecule has 0 bridgehead atoms. The molecule has 0 heterocycles. The van der Waals surface area contributed by atoms with E-state index in [0.29, 0.717) is 11.3 Å². The third-order valence-electron chi connectivity index (χ3n) is 3.21. The number of rotatable bonds is 2. The number of benzene rings is 3. The van der Waals surface area contributed by atoms with Crippen molar-refractivity contribution in [1.29, 1.82) is 0 Å². The Morgan fingerprint density at radius 1 is 0.850 bits per heavy atom. The van der Waals surface area contributed by atoms with Crippen LogP contribution in [0.4, 0.5) is 11.4 Å². The van der Waals surface area contributed by atoms with Gasteiger partial charge in [-0.15, -0.1) is 0 Å². The summed E-state index contributed by atoms with van der Waals surface area (Å²) < 4.78 is 0. The lowest BCUT2D eigenvalue weighted by Crippen LogP contribution is -2.12. The van der Waals surface area contributed by atoms with Crippen LogP contribution in [0, 0.1) is 0 Å². The van der Waals surface area contributed by atoms with E-state index in [1.165, 1.54) is 0 Å². The molecule has 3 rings (SSSR count). The Bertz CT molecular complexity index is 758. The fraction of sp³-hybridized carbons (Fsp3) is 0. The summed E-state index contributed by atoms with van der Waals surface area (Å²) in [5.74, 6) is -0.138. The molecule has 3 N–H and O–H groups in total. The number of nitrogens with one attached hydrogen (secondary N) is 1. The Labute approximate surface area is 117 Å². The van der Waals surface area contributed by atoms with Crippen molar-refractivity contribution in [2.75, 3.05) is 11.1 Å². The average Bonchev–Trinajstić information content (AvgIpc) is 2.48. The topological polar surface area (TPSA) is 55.1 Å². The molecule has 0 radical (unpaired) electrons. The monoisotopic (exact) mass is 262 g/mol. The molecule has 0 atom stereocenters. The number of nitrogens with two attached hydrogens (primary N) is 1. The van der Waals surface area contributed by atoms with Crippen LogP contribution in [0.1, 0.15) is 10.4 Å². The number of hydrogen-bond donors (Lipinski definition) is 2. The predicted octanol–water partition coefficient (Wildman–Crippen LogP) is 3.67. The van der Waals surface area contributed by atoms with E-state index < -0.39 is 0 Å². The summed E-state index contributed by atoms with van der Waals surface area (Å²) in [5.41, 5.74) is 7.67. The van der Waals surface area contributed by atoms with Crippen molar-refractivity contribution in [3.63, 3.8) is 0 Å². The first-order valence-corrected chi connectivity index (χ1v) is 6.39. The molecule has 3 aromatic carbocycles. The number of hydrogen-bond acceptors (Lipinski definition) is 2. The summed E-state index contributed by atoms with van der Waals surface area (Å²) >= 11 is 0. The minimum absolute atomic E-state index is 0.138. The summed E-state index contributed by atoms with van der Waals surface area (Å²) in [7, 11) is 0. The van der Waals surface area contributed by atoms with Gasteiger partial charge in [-0.2, -0.15) is 0 Å². The van der Waals surface area contributed by atoms with Crippen molar-refractivity contribution in [2.45, 2.75) is 0 Å². The minimum Gasteiger partial charge on any atom is -0.399 e. The van der Waals surface area contributed by atoms with Gasteiger partial charge in [0.25, 0.3) is 5.91 Å². The largest absolute Gasteiger partial charge is 0.399 e. The molecular formula is C17H14N2O. The van der Waals surface area contributed by atoms with Crippen molar-refractivity contribution in [3.8, 4) is 0 Å². The standard InChI is InChI=1S/C17H14N2O/c18-14-10-8-13(9-11-14)17(20)19-16-7-3-5-12-4-1-2-6-15(12)16/h1-11H,18H2,(H,19,20). The summed E-state index contributed by atoms with van der Waals surface area (Å²) in [6, 6.07) is 20.7. The molecule has 0 aromatic heterocycles. The first kappa shape index (κ1) is 12.2. The van der Waals surface area contributed by atoms with E-state index in [1.807, 2.05) is 42.5 Å². The first-order valence-electron chi connectivity index (χ1n) is 6.39.